The second-order valence-corrected chi connectivity index (χ2v) is 5.68. The van der Waals surface area contributed by atoms with Crippen molar-refractivity contribution in [1.29, 1.82) is 0 Å². The number of aliphatic hydroxyl groups excluding tert-OH is 1. The Hall–Kier alpha value is -0.0800. The van der Waals surface area contributed by atoms with E-state index in [0.717, 1.165) is 11.8 Å². The van der Waals surface area contributed by atoms with Crippen LogP contribution in [-0.2, 0) is 0 Å². The topological polar surface area (TPSA) is 23.5 Å². The van der Waals surface area contributed by atoms with E-state index in [9.17, 15) is 5.11 Å². The molecule has 0 aromatic rings. The Kier molecular flexibility index (Phi) is 2.85. The van der Waals surface area contributed by atoms with Crippen molar-refractivity contribution in [1.82, 2.24) is 4.90 Å². The summed E-state index contributed by atoms with van der Waals surface area (Å²) in [5, 5.41) is 9.35. The fraction of sp³-hybridized carbons (Fsp3) is 1.00. The summed E-state index contributed by atoms with van der Waals surface area (Å²) in [4.78, 5) is 2.49. The third-order valence-corrected chi connectivity index (χ3v) is 4.22. The molecule has 0 radical (unpaired) electrons. The van der Waals surface area contributed by atoms with E-state index in [4.69, 9.17) is 0 Å². The second kappa shape index (κ2) is 3.82. The Morgan fingerprint density at radius 1 is 1.14 bits per heavy atom. The van der Waals surface area contributed by atoms with E-state index in [2.05, 4.69) is 18.7 Å². The summed E-state index contributed by atoms with van der Waals surface area (Å²) in [6.07, 6.45) is 5.69. The van der Waals surface area contributed by atoms with Crippen LogP contribution >= 0.6 is 0 Å². The van der Waals surface area contributed by atoms with Crippen LogP contribution in [0, 0.1) is 11.8 Å². The molecule has 0 aromatic carbocycles. The summed E-state index contributed by atoms with van der Waals surface area (Å²) >= 11 is 0. The quantitative estimate of drug-likeness (QED) is 0.730. The van der Waals surface area contributed by atoms with Crippen LogP contribution < -0.4 is 0 Å². The van der Waals surface area contributed by atoms with Crippen molar-refractivity contribution in [3.63, 3.8) is 0 Å². The molecule has 2 aliphatic rings. The van der Waals surface area contributed by atoms with Gasteiger partial charge in [0, 0.05) is 18.6 Å². The first-order valence-corrected chi connectivity index (χ1v) is 5.99. The summed E-state index contributed by atoms with van der Waals surface area (Å²) in [5.74, 6) is 1.85. The first-order chi connectivity index (χ1) is 6.63. The lowest BCUT2D eigenvalue weighted by Crippen LogP contribution is -2.45. The normalized spacial score (nSPS) is 34.5. The lowest BCUT2D eigenvalue weighted by Gasteiger charge is -2.33. The molecule has 2 fully saturated rings. The van der Waals surface area contributed by atoms with Gasteiger partial charge >= 0.3 is 0 Å². The zero-order valence-electron chi connectivity index (χ0n) is 9.50. The maximum absolute atomic E-state index is 9.35. The number of hydrogen-bond acceptors (Lipinski definition) is 2. The van der Waals surface area contributed by atoms with Gasteiger partial charge in [0.15, 0.2) is 0 Å². The van der Waals surface area contributed by atoms with Gasteiger partial charge in [0.2, 0.25) is 0 Å². The molecule has 1 aliphatic heterocycles. The second-order valence-electron chi connectivity index (χ2n) is 5.68. The predicted octanol–water partition coefficient (Wildman–Crippen LogP) is 1.88. The van der Waals surface area contributed by atoms with E-state index in [0.29, 0.717) is 0 Å². The third-order valence-electron chi connectivity index (χ3n) is 4.22. The van der Waals surface area contributed by atoms with E-state index < -0.39 is 0 Å². The number of fused-ring (bicyclic) bond motifs is 1. The average Bonchev–Trinajstić information content (AvgIpc) is 2.61. The van der Waals surface area contributed by atoms with Gasteiger partial charge in [-0.15, -0.1) is 0 Å². The molecule has 0 unspecified atom stereocenters. The van der Waals surface area contributed by atoms with E-state index in [-0.39, 0.29) is 12.1 Å². The molecule has 1 heterocycles. The SMILES string of the molecule is CC(C)(CO)N1C[C@H]2CCCC[C@H]2C1. The zero-order chi connectivity index (χ0) is 10.2. The monoisotopic (exact) mass is 197 g/mol. The maximum atomic E-state index is 9.35. The molecular formula is C12H23NO. The van der Waals surface area contributed by atoms with Gasteiger partial charge < -0.3 is 5.11 Å². The van der Waals surface area contributed by atoms with Crippen LogP contribution in [0.4, 0.5) is 0 Å². The van der Waals surface area contributed by atoms with Crippen LogP contribution in [0.3, 0.4) is 0 Å². The lowest BCUT2D eigenvalue weighted by molar-refractivity contribution is 0.0725. The van der Waals surface area contributed by atoms with Crippen molar-refractivity contribution in [3.05, 3.63) is 0 Å². The van der Waals surface area contributed by atoms with Gasteiger partial charge in [0.05, 0.1) is 6.61 Å². The fourth-order valence-electron chi connectivity index (χ4n) is 3.00. The van der Waals surface area contributed by atoms with Gasteiger partial charge in [-0.2, -0.15) is 0 Å². The minimum atomic E-state index is -0.00264. The average molecular weight is 197 g/mol. The van der Waals surface area contributed by atoms with Gasteiger partial charge in [0.25, 0.3) is 0 Å². The van der Waals surface area contributed by atoms with Gasteiger partial charge in [-0.05, 0) is 38.5 Å². The van der Waals surface area contributed by atoms with Gasteiger partial charge in [-0.3, -0.25) is 4.90 Å². The molecule has 0 spiro atoms. The Morgan fingerprint density at radius 3 is 2.07 bits per heavy atom. The minimum absolute atomic E-state index is 0.00264. The Bertz CT molecular complexity index is 188. The Balaban J connectivity index is 1.99. The van der Waals surface area contributed by atoms with E-state index in [1.165, 1.54) is 38.8 Å². The molecule has 0 bridgehead atoms. The number of nitrogens with zero attached hydrogens (tertiary/aromatic N) is 1. The summed E-state index contributed by atoms with van der Waals surface area (Å²) in [7, 11) is 0. The largest absolute Gasteiger partial charge is 0.394 e. The van der Waals surface area contributed by atoms with Gasteiger partial charge in [-0.1, -0.05) is 12.8 Å². The molecule has 2 atom stereocenters. The Labute approximate surface area is 87.3 Å². The molecule has 1 N–H and O–H groups in total. The fourth-order valence-corrected chi connectivity index (χ4v) is 3.00. The predicted molar refractivity (Wildman–Crippen MR) is 58.2 cm³/mol. The molecule has 82 valence electrons. The minimum Gasteiger partial charge on any atom is -0.394 e. The van der Waals surface area contributed by atoms with E-state index in [1.807, 2.05) is 0 Å². The third kappa shape index (κ3) is 1.82. The number of likely N-dealkylation sites (tertiary alicyclic amines) is 1. The van der Waals surface area contributed by atoms with Crippen LogP contribution in [0.1, 0.15) is 39.5 Å². The molecule has 2 nitrogen and oxygen atoms in total. The Morgan fingerprint density at radius 2 is 1.64 bits per heavy atom. The highest BCUT2D eigenvalue weighted by Crippen LogP contribution is 2.38. The summed E-state index contributed by atoms with van der Waals surface area (Å²) in [5.41, 5.74) is -0.00264. The first kappa shape index (κ1) is 10.4. The van der Waals surface area contributed by atoms with Crippen LogP contribution in [0.15, 0.2) is 0 Å². The molecule has 0 amide bonds. The van der Waals surface area contributed by atoms with E-state index >= 15 is 0 Å². The molecule has 1 saturated carbocycles. The number of hydrogen-bond donors (Lipinski definition) is 1. The summed E-state index contributed by atoms with van der Waals surface area (Å²) < 4.78 is 0. The molecule has 2 heteroatoms. The molecule has 0 aromatic heterocycles. The standard InChI is InChI=1S/C12H23NO/c1-12(2,9-14)13-7-10-5-3-4-6-11(10)8-13/h10-11,14H,3-9H2,1-2H3/t10-,11+. The van der Waals surface area contributed by atoms with Crippen LogP contribution in [0.25, 0.3) is 0 Å². The van der Waals surface area contributed by atoms with Gasteiger partial charge in [0.1, 0.15) is 0 Å². The van der Waals surface area contributed by atoms with Crippen molar-refractivity contribution in [2.75, 3.05) is 19.7 Å². The molecule has 14 heavy (non-hydrogen) atoms. The molecule has 2 rings (SSSR count). The van der Waals surface area contributed by atoms with Crippen molar-refractivity contribution < 1.29 is 5.11 Å². The van der Waals surface area contributed by atoms with Crippen molar-refractivity contribution in [3.8, 4) is 0 Å². The van der Waals surface area contributed by atoms with Crippen molar-refractivity contribution >= 4 is 0 Å². The van der Waals surface area contributed by atoms with Crippen LogP contribution in [0.2, 0.25) is 0 Å². The number of aliphatic hydroxyl groups is 1. The van der Waals surface area contributed by atoms with E-state index in [1.54, 1.807) is 0 Å². The summed E-state index contributed by atoms with van der Waals surface area (Å²) in [6, 6.07) is 0. The number of rotatable bonds is 2. The van der Waals surface area contributed by atoms with Crippen molar-refractivity contribution in [2.24, 2.45) is 11.8 Å². The van der Waals surface area contributed by atoms with Gasteiger partial charge in [-0.25, -0.2) is 0 Å². The molecule has 1 saturated heterocycles. The molecular weight excluding hydrogens is 174 g/mol. The molecule has 1 aliphatic carbocycles. The zero-order valence-corrected chi connectivity index (χ0v) is 9.50. The van der Waals surface area contributed by atoms with Crippen molar-refractivity contribution in [2.45, 2.75) is 45.1 Å². The smallest absolute Gasteiger partial charge is 0.0610 e. The highest BCUT2D eigenvalue weighted by Gasteiger charge is 2.39. The highest BCUT2D eigenvalue weighted by molar-refractivity contribution is 4.93. The summed E-state index contributed by atoms with van der Waals surface area (Å²) in [6.45, 7) is 7.04. The first-order valence-electron chi connectivity index (χ1n) is 5.99. The van der Waals surface area contributed by atoms with Crippen LogP contribution in [0.5, 0.6) is 0 Å². The highest BCUT2D eigenvalue weighted by atomic mass is 16.3. The lowest BCUT2D eigenvalue weighted by atomic mass is 9.82. The maximum Gasteiger partial charge on any atom is 0.0610 e. The van der Waals surface area contributed by atoms with Crippen LogP contribution in [-0.4, -0.2) is 35.2 Å².